The number of fused-ring (bicyclic) bond motifs is 1. The summed E-state index contributed by atoms with van der Waals surface area (Å²) in [5.41, 5.74) is 0.401. The number of hydrogen-bond donors (Lipinski definition) is 5. The summed E-state index contributed by atoms with van der Waals surface area (Å²) in [6.07, 6.45) is -2.08. The summed E-state index contributed by atoms with van der Waals surface area (Å²) in [5, 5.41) is 41.3. The number of carboxylic acids is 2. The molecule has 3 aromatic rings. The molecule has 2 aromatic carbocycles. The fourth-order valence-corrected chi connectivity index (χ4v) is 4.41. The van der Waals surface area contributed by atoms with Gasteiger partial charge in [0.1, 0.15) is 11.6 Å². The van der Waals surface area contributed by atoms with Crippen LogP contribution in [0, 0.1) is 0 Å². The number of benzene rings is 2. The van der Waals surface area contributed by atoms with Crippen LogP contribution in [0.5, 0.6) is 0 Å². The minimum atomic E-state index is -2.74. The molecule has 0 bridgehead atoms. The Bertz CT molecular complexity index is 1240. The van der Waals surface area contributed by atoms with E-state index in [0.29, 0.717) is 30.7 Å². The molecule has 4 unspecified atom stereocenters. The van der Waals surface area contributed by atoms with Crippen LogP contribution >= 0.6 is 0 Å². The van der Waals surface area contributed by atoms with Gasteiger partial charge < -0.3 is 34.9 Å². The number of carbonyl (C=O) groups is 3. The molecule has 37 heavy (non-hydrogen) atoms. The molecule has 1 aliphatic carbocycles. The Morgan fingerprint density at radius 2 is 1.78 bits per heavy atom. The maximum absolute atomic E-state index is 12.4. The molecule has 0 spiro atoms. The number of para-hydroxylation sites is 2. The van der Waals surface area contributed by atoms with Crippen molar-refractivity contribution in [2.24, 2.45) is 0 Å². The molecule has 5 N–H and O–H groups in total. The molecule has 1 heterocycles. The Labute approximate surface area is 211 Å². The van der Waals surface area contributed by atoms with Gasteiger partial charge in [-0.05, 0) is 49.1 Å². The lowest BCUT2D eigenvalue weighted by molar-refractivity contribution is -0.168. The number of aromatic nitrogens is 1. The van der Waals surface area contributed by atoms with Gasteiger partial charge in [-0.15, -0.1) is 0 Å². The fourth-order valence-electron chi connectivity index (χ4n) is 4.41. The molecule has 196 valence electrons. The van der Waals surface area contributed by atoms with Crippen molar-refractivity contribution in [3.05, 3.63) is 54.1 Å². The number of ether oxygens (including phenoxy) is 1. The van der Waals surface area contributed by atoms with Crippen molar-refractivity contribution in [2.75, 3.05) is 0 Å². The van der Waals surface area contributed by atoms with Crippen LogP contribution in [0.15, 0.2) is 52.9 Å². The lowest BCUT2D eigenvalue weighted by atomic mass is 9.89. The maximum atomic E-state index is 12.4. The summed E-state index contributed by atoms with van der Waals surface area (Å²) in [6, 6.07) is 14.2. The largest absolute Gasteiger partial charge is 0.481 e. The van der Waals surface area contributed by atoms with Gasteiger partial charge in [-0.1, -0.05) is 24.3 Å². The third-order valence-electron chi connectivity index (χ3n) is 6.40. The molecule has 4 rings (SSSR count). The van der Waals surface area contributed by atoms with Crippen LogP contribution < -0.4 is 5.32 Å². The standard InChI is InChI=1S/C26H28N2O9/c29-21(12-26(35,25(33)34)13-22(30)31)27-18-5-3-7-20(23(18)32)36-14-15-8-10-16(11-9-15)24-28-17-4-1-2-6-19(17)37-24/h1-2,4,6,8-11,18,20,23,32,35H,3,5,7,12-14H2,(H,27,29)(H,30,31)(H,33,34). The van der Waals surface area contributed by atoms with E-state index in [9.17, 15) is 24.6 Å². The minimum absolute atomic E-state index is 0.216. The van der Waals surface area contributed by atoms with Crippen molar-refractivity contribution >= 4 is 28.9 Å². The molecule has 1 amide bonds. The zero-order valence-corrected chi connectivity index (χ0v) is 19.9. The molecule has 0 saturated heterocycles. The van der Waals surface area contributed by atoms with Crippen LogP contribution in [0.25, 0.3) is 22.6 Å². The van der Waals surface area contributed by atoms with E-state index in [2.05, 4.69) is 10.3 Å². The van der Waals surface area contributed by atoms with Crippen molar-refractivity contribution in [3.8, 4) is 11.5 Å². The summed E-state index contributed by atoms with van der Waals surface area (Å²) in [7, 11) is 0. The third kappa shape index (κ3) is 6.31. The SMILES string of the molecule is O=C(O)CC(O)(CC(=O)NC1CCCC(OCc2ccc(-c3nc4ccccc4o3)cc2)C1O)C(=O)O. The van der Waals surface area contributed by atoms with Crippen molar-refractivity contribution in [3.63, 3.8) is 0 Å². The number of oxazole rings is 1. The zero-order chi connectivity index (χ0) is 26.6. The van der Waals surface area contributed by atoms with Gasteiger partial charge in [0.2, 0.25) is 11.8 Å². The molecule has 1 fully saturated rings. The van der Waals surface area contributed by atoms with Crippen LogP contribution in [0.4, 0.5) is 0 Å². The Morgan fingerprint density at radius 3 is 2.46 bits per heavy atom. The summed E-state index contributed by atoms with van der Waals surface area (Å²) in [6.45, 7) is 0.216. The van der Waals surface area contributed by atoms with E-state index in [1.165, 1.54) is 0 Å². The lowest BCUT2D eigenvalue weighted by Crippen LogP contribution is -2.54. The molecule has 0 aliphatic heterocycles. The number of hydrogen-bond acceptors (Lipinski definition) is 8. The van der Waals surface area contributed by atoms with Crippen LogP contribution in [0.3, 0.4) is 0 Å². The van der Waals surface area contributed by atoms with E-state index in [0.717, 1.165) is 16.6 Å². The maximum Gasteiger partial charge on any atom is 0.336 e. The molecule has 1 saturated carbocycles. The summed E-state index contributed by atoms with van der Waals surface area (Å²) in [5.74, 6) is -3.72. The highest BCUT2D eigenvalue weighted by Crippen LogP contribution is 2.26. The second kappa shape index (κ2) is 11.1. The number of aliphatic hydroxyl groups excluding tert-OH is 1. The van der Waals surface area contributed by atoms with Crippen LogP contribution in [-0.2, 0) is 25.7 Å². The smallest absolute Gasteiger partial charge is 0.336 e. The number of rotatable bonds is 10. The second-order valence-corrected chi connectivity index (χ2v) is 9.21. The number of nitrogens with zero attached hydrogens (tertiary/aromatic N) is 1. The van der Waals surface area contributed by atoms with Crippen LogP contribution in [0.2, 0.25) is 0 Å². The van der Waals surface area contributed by atoms with Crippen LogP contribution in [-0.4, -0.2) is 67.1 Å². The molecular weight excluding hydrogens is 484 g/mol. The topological polar surface area (TPSA) is 179 Å². The molecule has 11 heteroatoms. The predicted molar refractivity (Wildman–Crippen MR) is 129 cm³/mol. The van der Waals surface area contributed by atoms with E-state index < -0.39 is 54.5 Å². The molecule has 11 nitrogen and oxygen atoms in total. The number of aliphatic carboxylic acids is 2. The molecule has 1 aromatic heterocycles. The first-order valence-electron chi connectivity index (χ1n) is 11.9. The van der Waals surface area contributed by atoms with E-state index in [1.807, 2.05) is 48.5 Å². The van der Waals surface area contributed by atoms with Crippen LogP contribution in [0.1, 0.15) is 37.7 Å². The van der Waals surface area contributed by atoms with E-state index in [1.54, 1.807) is 0 Å². The zero-order valence-electron chi connectivity index (χ0n) is 19.9. The quantitative estimate of drug-likeness (QED) is 0.270. The molecule has 4 atom stereocenters. The lowest BCUT2D eigenvalue weighted by Gasteiger charge is -2.35. The normalized spacial score (nSPS) is 21.3. The minimum Gasteiger partial charge on any atom is -0.481 e. The monoisotopic (exact) mass is 512 g/mol. The van der Waals surface area contributed by atoms with Gasteiger partial charge in [0.25, 0.3) is 0 Å². The van der Waals surface area contributed by atoms with Crippen molar-refractivity contribution in [2.45, 2.75) is 62.6 Å². The van der Waals surface area contributed by atoms with Gasteiger partial charge in [-0.25, -0.2) is 9.78 Å². The first-order valence-corrected chi connectivity index (χ1v) is 11.9. The Kier molecular flexibility index (Phi) is 7.86. The van der Waals surface area contributed by atoms with E-state index >= 15 is 0 Å². The average Bonchev–Trinajstić information content (AvgIpc) is 3.28. The molecule has 0 radical (unpaired) electrons. The van der Waals surface area contributed by atoms with Gasteiger partial charge in [0.05, 0.1) is 31.6 Å². The first kappa shape index (κ1) is 26.3. The van der Waals surface area contributed by atoms with Crippen molar-refractivity contribution in [1.82, 2.24) is 10.3 Å². The van der Waals surface area contributed by atoms with Crippen molar-refractivity contribution < 1.29 is 44.0 Å². The third-order valence-corrected chi connectivity index (χ3v) is 6.40. The molecular formula is C26H28N2O9. The fraction of sp³-hybridized carbons (Fsp3) is 0.385. The van der Waals surface area contributed by atoms with E-state index in [-0.39, 0.29) is 6.61 Å². The number of carboxylic acid groups (broad SMARTS) is 2. The van der Waals surface area contributed by atoms with Gasteiger partial charge in [0.15, 0.2) is 11.2 Å². The predicted octanol–water partition coefficient (Wildman–Crippen LogP) is 2.09. The molecule has 1 aliphatic rings. The Hall–Kier alpha value is -3.80. The Balaban J connectivity index is 1.32. The highest BCUT2D eigenvalue weighted by Gasteiger charge is 2.42. The van der Waals surface area contributed by atoms with Gasteiger partial charge >= 0.3 is 11.9 Å². The van der Waals surface area contributed by atoms with E-state index in [4.69, 9.17) is 19.4 Å². The number of nitrogens with one attached hydrogen (secondary N) is 1. The summed E-state index contributed by atoms with van der Waals surface area (Å²) >= 11 is 0. The first-order chi connectivity index (χ1) is 17.6. The van der Waals surface area contributed by atoms with Gasteiger partial charge in [0, 0.05) is 5.56 Å². The number of amides is 1. The second-order valence-electron chi connectivity index (χ2n) is 9.21. The number of aliphatic hydroxyl groups is 2. The summed E-state index contributed by atoms with van der Waals surface area (Å²) < 4.78 is 11.7. The van der Waals surface area contributed by atoms with Gasteiger partial charge in [-0.3, -0.25) is 9.59 Å². The van der Waals surface area contributed by atoms with Gasteiger partial charge in [-0.2, -0.15) is 0 Å². The van der Waals surface area contributed by atoms with Crippen molar-refractivity contribution in [1.29, 1.82) is 0 Å². The highest BCUT2D eigenvalue weighted by atomic mass is 16.5. The Morgan fingerprint density at radius 1 is 1.05 bits per heavy atom. The highest BCUT2D eigenvalue weighted by molar-refractivity contribution is 5.90. The average molecular weight is 513 g/mol. The summed E-state index contributed by atoms with van der Waals surface area (Å²) in [4.78, 5) is 39.0. The number of carbonyl (C=O) groups excluding carboxylic acids is 1.